The van der Waals surface area contributed by atoms with Crippen LogP contribution in [-0.4, -0.2) is 42.4 Å². The maximum absolute atomic E-state index is 13.5. The maximum Gasteiger partial charge on any atom is 0.408 e. The van der Waals surface area contributed by atoms with Crippen LogP contribution in [0.1, 0.15) is 17.2 Å². The fraction of sp³-hybridized carbons (Fsp3) is 0.462. The predicted octanol–water partition coefficient (Wildman–Crippen LogP) is 2.76. The molecule has 1 aliphatic heterocycles. The van der Waals surface area contributed by atoms with Gasteiger partial charge in [0.2, 0.25) is 0 Å². The fourth-order valence-corrected chi connectivity index (χ4v) is 2.45. The van der Waals surface area contributed by atoms with E-state index in [9.17, 15) is 22.7 Å². The van der Waals surface area contributed by atoms with E-state index in [2.05, 4.69) is 5.32 Å². The number of hydrogen-bond donors (Lipinski definition) is 2. The van der Waals surface area contributed by atoms with E-state index < -0.39 is 29.3 Å². The number of rotatable bonds is 2. The zero-order chi connectivity index (χ0) is 15.6. The van der Waals surface area contributed by atoms with Crippen molar-refractivity contribution < 1.29 is 22.7 Å². The van der Waals surface area contributed by atoms with Crippen LogP contribution in [-0.2, 0) is 0 Å². The van der Waals surface area contributed by atoms with Gasteiger partial charge in [-0.2, -0.15) is 18.4 Å². The molecular weight excluding hydrogens is 361 g/mol. The average Bonchev–Trinajstić information content (AvgIpc) is 2.44. The Kier molecular flexibility index (Phi) is 8.07. The second kappa shape index (κ2) is 8.55. The lowest BCUT2D eigenvalue weighted by molar-refractivity contribution is -0.188. The van der Waals surface area contributed by atoms with Gasteiger partial charge in [-0.25, -0.2) is 4.39 Å². The number of phenols is 1. The highest BCUT2D eigenvalue weighted by Gasteiger charge is 2.47. The lowest BCUT2D eigenvalue weighted by Gasteiger charge is -2.36. The van der Waals surface area contributed by atoms with Gasteiger partial charge < -0.3 is 10.4 Å². The van der Waals surface area contributed by atoms with Gasteiger partial charge in [0, 0.05) is 31.7 Å². The van der Waals surface area contributed by atoms with Crippen molar-refractivity contribution >= 4 is 24.8 Å². The van der Waals surface area contributed by atoms with Crippen LogP contribution in [0.3, 0.4) is 0 Å². The van der Waals surface area contributed by atoms with Crippen molar-refractivity contribution in [3.8, 4) is 11.8 Å². The molecular formula is C13H15Cl2F4N3O. The molecule has 1 atom stereocenters. The van der Waals surface area contributed by atoms with E-state index in [0.717, 1.165) is 17.0 Å². The summed E-state index contributed by atoms with van der Waals surface area (Å²) < 4.78 is 53.7. The number of aromatic hydroxyl groups is 1. The molecule has 0 radical (unpaired) electrons. The van der Waals surface area contributed by atoms with Crippen LogP contribution >= 0.6 is 24.8 Å². The van der Waals surface area contributed by atoms with E-state index in [1.54, 1.807) is 6.07 Å². The molecule has 4 nitrogen and oxygen atoms in total. The van der Waals surface area contributed by atoms with Gasteiger partial charge in [0.05, 0.1) is 11.6 Å². The first kappa shape index (κ1) is 21.7. The molecule has 10 heteroatoms. The Morgan fingerprint density at radius 1 is 1.22 bits per heavy atom. The van der Waals surface area contributed by atoms with Crippen molar-refractivity contribution in [3.63, 3.8) is 0 Å². The van der Waals surface area contributed by atoms with E-state index in [-0.39, 0.29) is 43.5 Å². The standard InChI is InChI=1S/C13H13F4N3O.2ClH/c14-9-2-1-8(7-18)10(11(9)21)12(13(15,16)17)20-5-3-19-4-6-20;;/h1-2,12,19,21H,3-6H2;2*1H/t12-;;/m0../s1. The van der Waals surface area contributed by atoms with Crippen LogP contribution in [0.2, 0.25) is 0 Å². The molecule has 0 spiro atoms. The first-order valence-corrected chi connectivity index (χ1v) is 6.29. The van der Waals surface area contributed by atoms with Crippen LogP contribution in [0.4, 0.5) is 17.6 Å². The van der Waals surface area contributed by atoms with Crippen molar-refractivity contribution in [1.29, 1.82) is 5.26 Å². The van der Waals surface area contributed by atoms with Crippen molar-refractivity contribution in [2.24, 2.45) is 0 Å². The third-order valence-electron chi connectivity index (χ3n) is 3.39. The minimum Gasteiger partial charge on any atom is -0.505 e. The summed E-state index contributed by atoms with van der Waals surface area (Å²) in [7, 11) is 0. The van der Waals surface area contributed by atoms with Crippen molar-refractivity contribution in [1.82, 2.24) is 10.2 Å². The zero-order valence-corrected chi connectivity index (χ0v) is 13.4. The van der Waals surface area contributed by atoms with Crippen LogP contribution in [0, 0.1) is 17.1 Å². The number of nitrogens with zero attached hydrogens (tertiary/aromatic N) is 2. The van der Waals surface area contributed by atoms with Crippen LogP contribution < -0.4 is 5.32 Å². The predicted molar refractivity (Wildman–Crippen MR) is 80.5 cm³/mol. The lowest BCUT2D eigenvalue weighted by atomic mass is 9.97. The molecule has 0 saturated carbocycles. The molecule has 1 aromatic rings. The number of benzene rings is 1. The van der Waals surface area contributed by atoms with E-state index >= 15 is 0 Å². The molecule has 2 rings (SSSR count). The Morgan fingerprint density at radius 3 is 2.26 bits per heavy atom. The van der Waals surface area contributed by atoms with E-state index in [1.807, 2.05) is 0 Å². The summed E-state index contributed by atoms with van der Waals surface area (Å²) in [5, 5.41) is 21.6. The van der Waals surface area contributed by atoms with Gasteiger partial charge in [-0.3, -0.25) is 4.90 Å². The third-order valence-corrected chi connectivity index (χ3v) is 3.39. The lowest BCUT2D eigenvalue weighted by Crippen LogP contribution is -2.49. The Morgan fingerprint density at radius 2 is 1.78 bits per heavy atom. The quantitative estimate of drug-likeness (QED) is 0.780. The maximum atomic E-state index is 13.5. The highest BCUT2D eigenvalue weighted by Crippen LogP contribution is 2.43. The topological polar surface area (TPSA) is 59.3 Å². The summed E-state index contributed by atoms with van der Waals surface area (Å²) >= 11 is 0. The summed E-state index contributed by atoms with van der Waals surface area (Å²) in [5.41, 5.74) is -1.10. The molecule has 0 aliphatic carbocycles. The molecule has 0 amide bonds. The number of nitrogens with one attached hydrogen (secondary N) is 1. The highest BCUT2D eigenvalue weighted by atomic mass is 35.5. The van der Waals surface area contributed by atoms with Crippen LogP contribution in [0.5, 0.6) is 5.75 Å². The summed E-state index contributed by atoms with van der Waals surface area (Å²) in [6.07, 6.45) is -4.73. The molecule has 1 heterocycles. The Balaban J connectivity index is 0.00000242. The molecule has 1 fully saturated rings. The van der Waals surface area contributed by atoms with E-state index in [1.165, 1.54) is 0 Å². The molecule has 0 bridgehead atoms. The number of nitriles is 1. The molecule has 1 aromatic carbocycles. The third kappa shape index (κ3) is 4.61. The number of halogens is 6. The van der Waals surface area contributed by atoms with Gasteiger partial charge in [0.15, 0.2) is 11.6 Å². The van der Waals surface area contributed by atoms with Crippen molar-refractivity contribution in [2.75, 3.05) is 26.2 Å². The van der Waals surface area contributed by atoms with Crippen molar-refractivity contribution in [2.45, 2.75) is 12.2 Å². The van der Waals surface area contributed by atoms with Crippen molar-refractivity contribution in [3.05, 3.63) is 29.1 Å². The molecule has 0 aromatic heterocycles. The number of hydrogen-bond acceptors (Lipinski definition) is 4. The van der Waals surface area contributed by atoms with Crippen LogP contribution in [0.25, 0.3) is 0 Å². The average molecular weight is 376 g/mol. The molecule has 1 aliphatic rings. The monoisotopic (exact) mass is 375 g/mol. The summed E-state index contributed by atoms with van der Waals surface area (Å²) in [4.78, 5) is 1.09. The van der Waals surface area contributed by atoms with Gasteiger partial charge in [-0.05, 0) is 12.1 Å². The van der Waals surface area contributed by atoms with E-state index in [4.69, 9.17) is 5.26 Å². The fourth-order valence-electron chi connectivity index (χ4n) is 2.45. The minimum absolute atomic E-state index is 0. The molecule has 1 saturated heterocycles. The Labute approximate surface area is 142 Å². The summed E-state index contributed by atoms with van der Waals surface area (Å²) in [5.74, 6) is -2.29. The van der Waals surface area contributed by atoms with Gasteiger partial charge in [-0.15, -0.1) is 24.8 Å². The SMILES string of the molecule is Cl.Cl.N#Cc1ccc(F)c(O)c1[C@H](N1CCNCC1)C(F)(F)F. The number of alkyl halides is 3. The van der Waals surface area contributed by atoms with Gasteiger partial charge in [-0.1, -0.05) is 0 Å². The second-order valence-corrected chi connectivity index (χ2v) is 4.70. The number of piperazine rings is 1. The summed E-state index contributed by atoms with van der Waals surface area (Å²) in [6.45, 7) is 0.880. The van der Waals surface area contributed by atoms with E-state index in [0.29, 0.717) is 13.1 Å². The molecule has 0 unspecified atom stereocenters. The first-order valence-electron chi connectivity index (χ1n) is 6.29. The van der Waals surface area contributed by atoms with Crippen LogP contribution in [0.15, 0.2) is 12.1 Å². The first-order chi connectivity index (χ1) is 9.86. The number of phenolic OH excluding ortho intramolecular Hbond substituents is 1. The highest BCUT2D eigenvalue weighted by molar-refractivity contribution is 5.85. The van der Waals surface area contributed by atoms with Gasteiger partial charge >= 0.3 is 6.18 Å². The largest absolute Gasteiger partial charge is 0.505 e. The Hall–Kier alpha value is -1.27. The smallest absolute Gasteiger partial charge is 0.408 e. The zero-order valence-electron chi connectivity index (χ0n) is 11.7. The normalized spacial score (nSPS) is 16.7. The van der Waals surface area contributed by atoms with Gasteiger partial charge in [0.1, 0.15) is 6.04 Å². The Bertz CT molecular complexity index is 572. The minimum atomic E-state index is -4.73. The van der Waals surface area contributed by atoms with Gasteiger partial charge in [0.25, 0.3) is 0 Å². The second-order valence-electron chi connectivity index (χ2n) is 4.70. The summed E-state index contributed by atoms with van der Waals surface area (Å²) in [6, 6.07) is 1.11. The molecule has 130 valence electrons. The molecule has 2 N–H and O–H groups in total. The molecule has 23 heavy (non-hydrogen) atoms.